The van der Waals surface area contributed by atoms with Crippen molar-refractivity contribution in [1.82, 2.24) is 0 Å². The van der Waals surface area contributed by atoms with Gasteiger partial charge in [-0.25, -0.2) is 0 Å². The molecule has 0 aliphatic rings. The van der Waals surface area contributed by atoms with E-state index >= 15 is 0 Å². The lowest BCUT2D eigenvalue weighted by molar-refractivity contribution is 0.307. The minimum atomic E-state index is -1.81. The largest absolute Gasteiger partial charge is 0.504 e. The Balaban J connectivity index is 1.71. The van der Waals surface area contributed by atoms with Crippen LogP contribution in [0.25, 0.3) is 0 Å². The molecular weight excluding hydrogens is 456 g/mol. The van der Waals surface area contributed by atoms with Gasteiger partial charge in [0.15, 0.2) is 39.6 Å². The Morgan fingerprint density at radius 3 is 1.42 bits per heavy atom. The molecule has 7 nitrogen and oxygen atoms in total. The maximum atomic E-state index is 9.68. The van der Waals surface area contributed by atoms with Gasteiger partial charge in [-0.15, -0.1) is 0 Å². The molecule has 0 spiro atoms. The van der Waals surface area contributed by atoms with Crippen LogP contribution in [-0.4, -0.2) is 54.3 Å². The highest BCUT2D eigenvalue weighted by Gasteiger charge is 2.32. The van der Waals surface area contributed by atoms with Crippen molar-refractivity contribution in [1.29, 1.82) is 0 Å². The van der Waals surface area contributed by atoms with Gasteiger partial charge in [0.05, 0.1) is 27.4 Å². The number of phenolic OH excluding ortho intramolecular Hbond substituents is 2. The second-order valence-electron chi connectivity index (χ2n) is 9.19. The Hall–Kier alpha value is -2.37. The van der Waals surface area contributed by atoms with Crippen LogP contribution in [0.5, 0.6) is 34.5 Å². The number of hydrogen-bond donors (Lipinski definition) is 2. The van der Waals surface area contributed by atoms with E-state index in [1.165, 1.54) is 14.2 Å². The van der Waals surface area contributed by atoms with Crippen LogP contribution < -0.4 is 18.9 Å². The maximum absolute atomic E-state index is 9.68. The molecule has 2 rings (SSSR count). The van der Waals surface area contributed by atoms with E-state index in [-0.39, 0.29) is 11.5 Å². The van der Waals surface area contributed by atoms with Gasteiger partial charge in [-0.1, -0.05) is 0 Å². The van der Waals surface area contributed by atoms with Crippen molar-refractivity contribution in [3.63, 3.8) is 0 Å². The second kappa shape index (κ2) is 12.2. The van der Waals surface area contributed by atoms with Gasteiger partial charge in [0.2, 0.25) is 0 Å². The molecule has 33 heavy (non-hydrogen) atoms. The van der Waals surface area contributed by atoms with E-state index in [9.17, 15) is 10.2 Å². The monoisotopic (exact) mass is 494 g/mol. The molecule has 184 valence electrons. The molecule has 0 aliphatic carbocycles. The summed E-state index contributed by atoms with van der Waals surface area (Å²) in [7, 11) is -0.588. The van der Waals surface area contributed by atoms with Crippen LogP contribution >= 0.6 is 0 Å². The highest BCUT2D eigenvalue weighted by molar-refractivity contribution is 6.84. The Kier molecular flexibility index (Phi) is 9.94. The third-order valence-electron chi connectivity index (χ3n) is 5.24. The summed E-state index contributed by atoms with van der Waals surface area (Å²) in [6, 6.07) is 12.1. The molecule has 0 amide bonds. The molecule has 2 N–H and O–H groups in total. The van der Waals surface area contributed by atoms with E-state index in [2.05, 4.69) is 26.2 Å². The first-order chi connectivity index (χ1) is 15.5. The fraction of sp³-hybridized carbons (Fsp3) is 0.500. The molecule has 0 heterocycles. The molecule has 0 aromatic heterocycles. The number of rotatable bonds is 14. The van der Waals surface area contributed by atoms with Gasteiger partial charge in [-0.2, -0.15) is 0 Å². The zero-order valence-electron chi connectivity index (χ0n) is 20.6. The van der Waals surface area contributed by atoms with E-state index in [0.717, 1.165) is 24.9 Å². The van der Waals surface area contributed by atoms with E-state index in [1.807, 2.05) is 0 Å². The molecule has 0 radical (unpaired) electrons. The summed E-state index contributed by atoms with van der Waals surface area (Å²) in [6.45, 7) is 10.3. The molecule has 0 atom stereocenters. The van der Waals surface area contributed by atoms with Gasteiger partial charge >= 0.3 is 0 Å². The fourth-order valence-corrected chi connectivity index (χ4v) is 12.5. The molecule has 0 bridgehead atoms. The van der Waals surface area contributed by atoms with Crippen molar-refractivity contribution in [2.24, 2.45) is 0 Å². The lowest BCUT2D eigenvalue weighted by Crippen LogP contribution is -2.44. The number of ether oxygens (including phenoxy) is 4. The first-order valence-corrected chi connectivity index (χ1v) is 17.5. The molecule has 2 aromatic rings. The van der Waals surface area contributed by atoms with Crippen molar-refractivity contribution >= 4 is 16.6 Å². The number of hydrogen-bond acceptors (Lipinski definition) is 7. The summed E-state index contributed by atoms with van der Waals surface area (Å²) < 4.78 is 28.6. The third kappa shape index (κ3) is 9.19. The van der Waals surface area contributed by atoms with Crippen LogP contribution in [0, 0.1) is 0 Å². The van der Waals surface area contributed by atoms with Crippen LogP contribution in [-0.2, 0) is 4.12 Å². The van der Waals surface area contributed by atoms with Gasteiger partial charge in [0, 0.05) is 12.1 Å². The van der Waals surface area contributed by atoms with Crippen LogP contribution in [0.1, 0.15) is 12.8 Å². The fourth-order valence-electron chi connectivity index (χ4n) is 3.72. The quantitative estimate of drug-likeness (QED) is 0.254. The van der Waals surface area contributed by atoms with Gasteiger partial charge in [-0.05, 0) is 75.4 Å². The predicted octanol–water partition coefficient (Wildman–Crippen LogP) is 5.78. The van der Waals surface area contributed by atoms with Gasteiger partial charge in [0.25, 0.3) is 0 Å². The summed E-state index contributed by atoms with van der Waals surface area (Å²) in [5, 5.41) is 19.4. The number of benzene rings is 2. The average Bonchev–Trinajstić information content (AvgIpc) is 2.75. The van der Waals surface area contributed by atoms with Crippen molar-refractivity contribution < 1.29 is 33.3 Å². The van der Waals surface area contributed by atoms with Crippen molar-refractivity contribution in [3.05, 3.63) is 36.4 Å². The summed E-state index contributed by atoms with van der Waals surface area (Å²) in [4.78, 5) is 0. The zero-order valence-corrected chi connectivity index (χ0v) is 22.6. The van der Waals surface area contributed by atoms with Gasteiger partial charge < -0.3 is 33.3 Å². The van der Waals surface area contributed by atoms with E-state index in [4.69, 9.17) is 23.1 Å². The third-order valence-corrected chi connectivity index (χ3v) is 12.8. The number of aromatic hydroxyl groups is 2. The molecule has 0 aliphatic heterocycles. The van der Waals surface area contributed by atoms with E-state index in [0.29, 0.717) is 36.2 Å². The van der Waals surface area contributed by atoms with Crippen LogP contribution in [0.2, 0.25) is 38.3 Å². The SMILES string of the molecule is COc1cc(OCCC[Si](C)(C)O[Si](C)(C)CCCOc2ccc(O)c(OC)c2)ccc1O. The first kappa shape index (κ1) is 26.9. The molecular formula is C24H38O7Si2. The first-order valence-electron chi connectivity index (χ1n) is 11.2. The smallest absolute Gasteiger partial charge is 0.173 e. The van der Waals surface area contributed by atoms with Crippen molar-refractivity contribution in [2.75, 3.05) is 27.4 Å². The summed E-state index contributed by atoms with van der Waals surface area (Å²) >= 11 is 0. The molecule has 0 unspecified atom stereocenters. The molecule has 0 saturated heterocycles. The van der Waals surface area contributed by atoms with Gasteiger partial charge in [0.1, 0.15) is 11.5 Å². The Bertz CT molecular complexity index is 816. The summed E-state index contributed by atoms with van der Waals surface area (Å²) in [5.74, 6) is 2.40. The molecule has 0 fully saturated rings. The molecule has 0 saturated carbocycles. The lowest BCUT2D eigenvalue weighted by Gasteiger charge is -2.34. The number of phenols is 2. The van der Waals surface area contributed by atoms with Gasteiger partial charge in [-0.3, -0.25) is 0 Å². The summed E-state index contributed by atoms with van der Waals surface area (Å²) in [5.41, 5.74) is 0. The highest BCUT2D eigenvalue weighted by Crippen LogP contribution is 2.31. The number of methoxy groups -OCH3 is 2. The maximum Gasteiger partial charge on any atom is 0.173 e. The lowest BCUT2D eigenvalue weighted by atomic mass is 10.3. The standard InChI is InChI=1S/C24H38O7Si2/c1-27-23-17-19(9-11-21(23)25)29-13-7-15-32(3,4)31-33(5,6)16-8-14-30-20-10-12-22(26)24(18-20)28-2/h9-12,17-18,25-26H,7-8,13-16H2,1-6H3. The minimum Gasteiger partial charge on any atom is -0.504 e. The van der Waals surface area contributed by atoms with Crippen molar-refractivity contribution in [3.8, 4) is 34.5 Å². The van der Waals surface area contributed by atoms with E-state index in [1.54, 1.807) is 36.4 Å². The second-order valence-corrected chi connectivity index (χ2v) is 18.0. The molecule has 9 heteroatoms. The highest BCUT2D eigenvalue weighted by atomic mass is 28.4. The predicted molar refractivity (Wildman–Crippen MR) is 135 cm³/mol. The zero-order chi connectivity index (χ0) is 24.5. The normalized spacial score (nSPS) is 11.8. The Morgan fingerprint density at radius 2 is 1.06 bits per heavy atom. The van der Waals surface area contributed by atoms with E-state index < -0.39 is 16.6 Å². The van der Waals surface area contributed by atoms with Crippen molar-refractivity contribution in [2.45, 2.75) is 51.1 Å². The van der Waals surface area contributed by atoms with Crippen LogP contribution in [0.4, 0.5) is 0 Å². The Morgan fingerprint density at radius 1 is 0.667 bits per heavy atom. The van der Waals surface area contributed by atoms with Crippen LogP contribution in [0.3, 0.4) is 0 Å². The topological polar surface area (TPSA) is 86.6 Å². The summed E-state index contributed by atoms with van der Waals surface area (Å²) in [6.07, 6.45) is 1.83. The van der Waals surface area contributed by atoms with Crippen LogP contribution in [0.15, 0.2) is 36.4 Å². The Labute approximate surface area is 199 Å². The minimum absolute atomic E-state index is 0.104. The molecule has 2 aromatic carbocycles. The average molecular weight is 495 g/mol.